The Bertz CT molecular complexity index is 1140. The van der Waals surface area contributed by atoms with Crippen molar-refractivity contribution in [1.29, 1.82) is 0 Å². The fraction of sp³-hybridized carbons (Fsp3) is 0.296. The molecule has 7 heteroatoms. The number of methoxy groups -OCH3 is 2. The maximum absolute atomic E-state index is 13.0. The normalized spacial score (nSPS) is 16.5. The molecule has 0 saturated carbocycles. The van der Waals surface area contributed by atoms with E-state index in [0.29, 0.717) is 5.56 Å². The van der Waals surface area contributed by atoms with E-state index >= 15 is 0 Å². The molecule has 0 atom stereocenters. The van der Waals surface area contributed by atoms with Crippen molar-refractivity contribution in [1.82, 2.24) is 5.06 Å². The first-order chi connectivity index (χ1) is 16.1. The van der Waals surface area contributed by atoms with Gasteiger partial charge in [-0.25, -0.2) is 0 Å². The number of anilines is 3. The predicted octanol–water partition coefficient (Wildman–Crippen LogP) is 5.65. The smallest absolute Gasteiger partial charge is 0.316 e. The zero-order chi connectivity index (χ0) is 24.7. The topological polar surface area (TPSA) is 70.9 Å². The van der Waals surface area contributed by atoms with E-state index in [4.69, 9.17) is 9.47 Å². The van der Waals surface area contributed by atoms with E-state index in [0.717, 1.165) is 38.4 Å². The lowest BCUT2D eigenvalue weighted by Crippen LogP contribution is -2.53. The second kappa shape index (κ2) is 8.57. The summed E-state index contributed by atoms with van der Waals surface area (Å²) in [5.74, 6) is 1.66. The summed E-state index contributed by atoms with van der Waals surface area (Å²) in [4.78, 5) is 2.08. The van der Waals surface area contributed by atoms with Crippen molar-refractivity contribution in [3.63, 3.8) is 0 Å². The van der Waals surface area contributed by atoms with E-state index in [1.54, 1.807) is 41.9 Å². The highest BCUT2D eigenvalue weighted by molar-refractivity contribution is 5.96. The predicted molar refractivity (Wildman–Crippen MR) is 133 cm³/mol. The van der Waals surface area contributed by atoms with Crippen molar-refractivity contribution in [2.45, 2.75) is 38.8 Å². The van der Waals surface area contributed by atoms with Gasteiger partial charge in [-0.2, -0.15) is 0 Å². The minimum atomic E-state index is -0.860. The minimum absolute atomic E-state index is 0.127. The summed E-state index contributed by atoms with van der Waals surface area (Å²) in [5, 5.41) is 26.9. The Balaban J connectivity index is 1.76. The largest absolute Gasteiger partial charge is 0.714 e. The fourth-order valence-corrected chi connectivity index (χ4v) is 4.01. The van der Waals surface area contributed by atoms with Crippen LogP contribution in [-0.2, 0) is 5.21 Å². The van der Waals surface area contributed by atoms with E-state index in [2.05, 4.69) is 4.90 Å². The molecule has 0 aliphatic carbocycles. The molecule has 7 nitrogen and oxygen atoms in total. The zero-order valence-electron chi connectivity index (χ0n) is 20.4. The third kappa shape index (κ3) is 3.72. The van der Waals surface area contributed by atoms with Crippen LogP contribution in [0.5, 0.6) is 11.5 Å². The van der Waals surface area contributed by atoms with Gasteiger partial charge in [-0.05, 0) is 100 Å². The highest BCUT2D eigenvalue weighted by Crippen LogP contribution is 2.39. The van der Waals surface area contributed by atoms with Crippen LogP contribution in [0.4, 0.5) is 17.1 Å². The summed E-state index contributed by atoms with van der Waals surface area (Å²) in [6, 6.07) is 23.0. The first kappa shape index (κ1) is 23.4. The Kier molecular flexibility index (Phi) is 5.91. The molecule has 0 aromatic heterocycles. The molecule has 0 unspecified atom stereocenters. The second-order valence-corrected chi connectivity index (χ2v) is 9.31. The molecule has 0 N–H and O–H groups in total. The maximum atomic E-state index is 13.0. The molecule has 3 aromatic carbocycles. The molecular weight excluding hydrogens is 430 g/mol. The van der Waals surface area contributed by atoms with Gasteiger partial charge in [0.15, 0.2) is 5.54 Å². The molecule has 1 radical (unpaired) electrons. The number of hydroxylamine groups is 3. The number of hydrogen-bond donors (Lipinski definition) is 0. The molecule has 1 aliphatic heterocycles. The van der Waals surface area contributed by atoms with Crippen molar-refractivity contribution >= 4 is 22.9 Å². The summed E-state index contributed by atoms with van der Waals surface area (Å²) in [5.41, 5.74) is 1.61. The Morgan fingerprint density at radius 2 is 1.12 bits per heavy atom. The SMILES string of the molecule is COc1ccc(N(c2ccc(OC)cc2)c2ccc(C3=[N+]([O-])C(C)(C)C(C)(C)N3[O])cc2)cc1. The van der Waals surface area contributed by atoms with Gasteiger partial charge in [0.05, 0.1) is 19.8 Å². The lowest BCUT2D eigenvalue weighted by molar-refractivity contribution is -0.539. The van der Waals surface area contributed by atoms with Gasteiger partial charge < -0.3 is 19.6 Å². The van der Waals surface area contributed by atoms with Crippen LogP contribution in [0.25, 0.3) is 0 Å². The minimum Gasteiger partial charge on any atom is -0.714 e. The van der Waals surface area contributed by atoms with Gasteiger partial charge >= 0.3 is 5.84 Å². The third-order valence-electron chi connectivity index (χ3n) is 6.94. The molecule has 4 rings (SSSR count). The van der Waals surface area contributed by atoms with Crippen LogP contribution >= 0.6 is 0 Å². The lowest BCUT2D eigenvalue weighted by Gasteiger charge is -2.32. The van der Waals surface area contributed by atoms with Gasteiger partial charge in [0.25, 0.3) is 0 Å². The van der Waals surface area contributed by atoms with Crippen molar-refractivity contribution in [2.75, 3.05) is 19.1 Å². The average molecular weight is 461 g/mol. The quantitative estimate of drug-likeness (QED) is 0.351. The molecule has 0 spiro atoms. The van der Waals surface area contributed by atoms with Gasteiger partial charge in [-0.15, -0.1) is 0 Å². The second-order valence-electron chi connectivity index (χ2n) is 9.31. The van der Waals surface area contributed by atoms with E-state index in [-0.39, 0.29) is 5.84 Å². The summed E-state index contributed by atoms with van der Waals surface area (Å²) < 4.78 is 11.5. The lowest BCUT2D eigenvalue weighted by atomic mass is 9.84. The molecule has 177 valence electrons. The standard InChI is InChI=1S/C27H30N3O4/c1-26(2)27(3,4)30(32)25(29(26)31)19-7-9-20(10-8-19)28(21-11-15-23(33-5)16-12-21)22-13-17-24(34-6)18-14-22/h7-18H,1-6H3. The van der Waals surface area contributed by atoms with Crippen molar-refractivity contribution in [3.8, 4) is 11.5 Å². The summed E-state index contributed by atoms with van der Waals surface area (Å²) >= 11 is 0. The van der Waals surface area contributed by atoms with Gasteiger partial charge in [-0.3, -0.25) is 4.74 Å². The molecule has 1 heterocycles. The van der Waals surface area contributed by atoms with Gasteiger partial charge in [0.1, 0.15) is 17.0 Å². The van der Waals surface area contributed by atoms with Crippen LogP contribution in [0, 0.1) is 5.21 Å². The van der Waals surface area contributed by atoms with Crippen LogP contribution in [0.1, 0.15) is 33.3 Å². The van der Waals surface area contributed by atoms with Crippen LogP contribution < -0.4 is 14.4 Å². The number of amidine groups is 1. The Morgan fingerprint density at radius 1 is 0.735 bits per heavy atom. The molecule has 3 aromatic rings. The highest BCUT2D eigenvalue weighted by atomic mass is 16.5. The summed E-state index contributed by atoms with van der Waals surface area (Å²) in [6.45, 7) is 7.17. The first-order valence-electron chi connectivity index (χ1n) is 11.1. The van der Waals surface area contributed by atoms with Gasteiger partial charge in [-0.1, -0.05) is 5.06 Å². The number of ether oxygens (including phenoxy) is 2. The maximum Gasteiger partial charge on any atom is 0.316 e. The zero-order valence-corrected chi connectivity index (χ0v) is 20.4. The number of rotatable bonds is 6. The number of hydrogen-bond acceptors (Lipinski definition) is 5. The first-order valence-corrected chi connectivity index (χ1v) is 11.1. The van der Waals surface area contributed by atoms with E-state index in [9.17, 15) is 10.4 Å². The Morgan fingerprint density at radius 3 is 1.44 bits per heavy atom. The molecular formula is C27H30N3O4. The van der Waals surface area contributed by atoms with Crippen LogP contribution in [0.15, 0.2) is 72.8 Å². The third-order valence-corrected chi connectivity index (χ3v) is 6.94. The molecule has 0 amide bonds. The van der Waals surface area contributed by atoms with Crippen molar-refractivity contribution in [2.24, 2.45) is 0 Å². The fourth-order valence-electron chi connectivity index (χ4n) is 4.01. The summed E-state index contributed by atoms with van der Waals surface area (Å²) in [7, 11) is 3.27. The van der Waals surface area contributed by atoms with Crippen LogP contribution in [0.2, 0.25) is 0 Å². The number of benzene rings is 3. The van der Waals surface area contributed by atoms with Crippen molar-refractivity contribution < 1.29 is 19.4 Å². The van der Waals surface area contributed by atoms with E-state index in [1.807, 2.05) is 72.8 Å². The number of nitrogens with zero attached hydrogens (tertiary/aromatic N) is 3. The van der Waals surface area contributed by atoms with E-state index < -0.39 is 11.1 Å². The molecule has 0 fully saturated rings. The Labute approximate surface area is 200 Å². The molecule has 0 bridgehead atoms. The van der Waals surface area contributed by atoms with Crippen LogP contribution in [0.3, 0.4) is 0 Å². The molecule has 1 aliphatic rings. The molecule has 0 saturated heterocycles. The summed E-state index contributed by atoms with van der Waals surface area (Å²) in [6.07, 6.45) is 0. The van der Waals surface area contributed by atoms with E-state index in [1.165, 1.54) is 0 Å². The van der Waals surface area contributed by atoms with Gasteiger partial charge in [0, 0.05) is 22.3 Å². The monoisotopic (exact) mass is 460 g/mol. The Hall–Kier alpha value is -3.71. The highest BCUT2D eigenvalue weighted by Gasteiger charge is 2.59. The average Bonchev–Trinajstić information content (AvgIpc) is 2.97. The van der Waals surface area contributed by atoms with Crippen LogP contribution in [-0.4, -0.2) is 40.9 Å². The molecule has 34 heavy (non-hydrogen) atoms. The van der Waals surface area contributed by atoms with Crippen molar-refractivity contribution in [3.05, 3.63) is 83.6 Å². The van der Waals surface area contributed by atoms with Gasteiger partial charge in [0.2, 0.25) is 0 Å².